The van der Waals surface area contributed by atoms with Crippen LogP contribution in [0.2, 0.25) is 0 Å². The average Bonchev–Trinajstić information content (AvgIpc) is 3.00. The average molecular weight is 540 g/mol. The lowest BCUT2D eigenvalue weighted by Gasteiger charge is -2.20. The van der Waals surface area contributed by atoms with Crippen LogP contribution in [0.5, 0.6) is 5.75 Å². The molecule has 0 unspecified atom stereocenters. The molecule has 0 radical (unpaired) electrons. The van der Waals surface area contributed by atoms with E-state index in [1.165, 1.54) is 48.6 Å². The van der Waals surface area contributed by atoms with Crippen molar-refractivity contribution in [2.75, 3.05) is 27.2 Å². The van der Waals surface area contributed by atoms with Gasteiger partial charge < -0.3 is 9.64 Å². The molecule has 0 saturated heterocycles. The summed E-state index contributed by atoms with van der Waals surface area (Å²) < 4.78 is 5.99. The molecular weight excluding hydrogens is 505 g/mol. The molecule has 0 amide bonds. The smallest absolute Gasteiger partial charge is 0.119 e. The molecule has 0 aliphatic heterocycles. The van der Waals surface area contributed by atoms with Gasteiger partial charge in [0.15, 0.2) is 0 Å². The third-order valence-corrected chi connectivity index (χ3v) is 9.70. The largest absolute Gasteiger partial charge is 0.494 e. The molecule has 0 aliphatic carbocycles. The second-order valence-corrected chi connectivity index (χ2v) is 12.7. The topological polar surface area (TPSA) is 12.5 Å². The lowest BCUT2D eigenvalue weighted by molar-refractivity contribution is 0.282. The van der Waals surface area contributed by atoms with Crippen LogP contribution in [0.25, 0.3) is 32.7 Å². The molecule has 0 fully saturated rings. The zero-order valence-corrected chi connectivity index (χ0v) is 24.0. The molecule has 0 N–H and O–H groups in total. The number of fused-ring (bicyclic) bond motifs is 2. The summed E-state index contributed by atoms with van der Waals surface area (Å²) in [6.45, 7) is 1.77. The van der Waals surface area contributed by atoms with Gasteiger partial charge in [-0.1, -0.05) is 103 Å². The lowest BCUT2D eigenvalue weighted by atomic mass is 9.98. The molecule has 6 rings (SSSR count). The van der Waals surface area contributed by atoms with E-state index < -0.39 is 7.92 Å². The summed E-state index contributed by atoms with van der Waals surface area (Å²) in [5.74, 6) is 0.937. The molecule has 6 aromatic rings. The van der Waals surface area contributed by atoms with Gasteiger partial charge in [0, 0.05) is 6.54 Å². The van der Waals surface area contributed by atoms with E-state index in [1.54, 1.807) is 0 Å². The van der Waals surface area contributed by atoms with Gasteiger partial charge in [-0.25, -0.2) is 0 Å². The fraction of sp³-hybridized carbons (Fsp3) is 0.135. The van der Waals surface area contributed by atoms with Crippen molar-refractivity contribution < 1.29 is 4.74 Å². The summed E-state index contributed by atoms with van der Waals surface area (Å²) in [6.07, 6.45) is 1.02. The number of hydrogen-bond donors (Lipinski definition) is 0. The van der Waals surface area contributed by atoms with Gasteiger partial charge in [-0.05, 0) is 107 Å². The lowest BCUT2D eigenvalue weighted by Crippen LogP contribution is -2.20. The van der Waals surface area contributed by atoms with Crippen LogP contribution < -0.4 is 20.7 Å². The zero-order chi connectivity index (χ0) is 27.3. The maximum Gasteiger partial charge on any atom is 0.119 e. The second kappa shape index (κ2) is 12.0. The highest BCUT2D eigenvalue weighted by Crippen LogP contribution is 2.35. The Hall–Kier alpha value is -3.97. The highest BCUT2D eigenvalue weighted by Gasteiger charge is 2.16. The fourth-order valence-electron chi connectivity index (χ4n) is 5.22. The summed E-state index contributed by atoms with van der Waals surface area (Å²) in [7, 11) is 3.57. The Labute approximate surface area is 238 Å². The number of hydrogen-bond acceptors (Lipinski definition) is 2. The summed E-state index contributed by atoms with van der Waals surface area (Å²) >= 11 is 0. The Balaban J connectivity index is 1.27. The first kappa shape index (κ1) is 26.3. The first-order valence-electron chi connectivity index (χ1n) is 13.9. The maximum absolute atomic E-state index is 5.99. The summed E-state index contributed by atoms with van der Waals surface area (Å²) in [6, 6.07) is 48.7. The van der Waals surface area contributed by atoms with E-state index in [9.17, 15) is 0 Å². The van der Waals surface area contributed by atoms with Gasteiger partial charge in [0.1, 0.15) is 5.75 Å². The third-order valence-electron chi connectivity index (χ3n) is 7.27. The van der Waals surface area contributed by atoms with E-state index in [1.807, 2.05) is 0 Å². The van der Waals surface area contributed by atoms with Crippen molar-refractivity contribution in [3.8, 4) is 16.9 Å². The van der Waals surface area contributed by atoms with E-state index in [0.29, 0.717) is 0 Å². The number of ether oxygens (including phenoxy) is 1. The van der Waals surface area contributed by atoms with Crippen LogP contribution in [0.1, 0.15) is 6.42 Å². The van der Waals surface area contributed by atoms with Gasteiger partial charge in [0.05, 0.1) is 6.61 Å². The Bertz CT molecular complexity index is 1690. The summed E-state index contributed by atoms with van der Waals surface area (Å²) in [5, 5.41) is 9.09. The molecule has 6 aromatic carbocycles. The van der Waals surface area contributed by atoms with Crippen LogP contribution in [0.15, 0.2) is 133 Å². The molecule has 0 aromatic heterocycles. The summed E-state index contributed by atoms with van der Waals surface area (Å²) in [4.78, 5) is 2.18. The van der Waals surface area contributed by atoms with E-state index in [-0.39, 0.29) is 0 Å². The fourth-order valence-corrected chi connectivity index (χ4v) is 7.54. The Morgan fingerprint density at radius 2 is 1.05 bits per heavy atom. The second-order valence-electron chi connectivity index (χ2n) is 10.5. The van der Waals surface area contributed by atoms with E-state index in [0.717, 1.165) is 25.3 Å². The van der Waals surface area contributed by atoms with Gasteiger partial charge >= 0.3 is 0 Å². The normalized spacial score (nSPS) is 11.5. The van der Waals surface area contributed by atoms with Crippen molar-refractivity contribution in [3.05, 3.63) is 133 Å². The number of nitrogens with zero attached hydrogens (tertiary/aromatic N) is 1. The minimum Gasteiger partial charge on any atom is -0.494 e. The predicted molar refractivity (Wildman–Crippen MR) is 174 cm³/mol. The molecule has 0 aliphatic rings. The molecule has 0 atom stereocenters. The number of benzene rings is 6. The van der Waals surface area contributed by atoms with Gasteiger partial charge in [0.2, 0.25) is 0 Å². The third kappa shape index (κ3) is 5.94. The molecule has 0 bridgehead atoms. The van der Waals surface area contributed by atoms with Gasteiger partial charge in [-0.3, -0.25) is 0 Å². The molecule has 198 valence electrons. The van der Waals surface area contributed by atoms with E-state index in [4.69, 9.17) is 4.74 Å². The summed E-state index contributed by atoms with van der Waals surface area (Å²) in [5.41, 5.74) is 2.47. The van der Waals surface area contributed by atoms with Crippen molar-refractivity contribution in [2.24, 2.45) is 0 Å². The van der Waals surface area contributed by atoms with Crippen LogP contribution >= 0.6 is 7.92 Å². The quantitative estimate of drug-likeness (QED) is 0.138. The zero-order valence-electron chi connectivity index (χ0n) is 23.1. The van der Waals surface area contributed by atoms with Crippen LogP contribution in [-0.2, 0) is 0 Å². The molecule has 2 nitrogen and oxygen atoms in total. The minimum atomic E-state index is -0.614. The van der Waals surface area contributed by atoms with Crippen molar-refractivity contribution in [1.29, 1.82) is 0 Å². The van der Waals surface area contributed by atoms with Gasteiger partial charge in [-0.2, -0.15) is 0 Å². The van der Waals surface area contributed by atoms with Crippen LogP contribution in [-0.4, -0.2) is 32.1 Å². The van der Waals surface area contributed by atoms with Gasteiger partial charge in [0.25, 0.3) is 0 Å². The van der Waals surface area contributed by atoms with Crippen molar-refractivity contribution in [2.45, 2.75) is 6.42 Å². The molecule has 0 saturated carbocycles. The van der Waals surface area contributed by atoms with Crippen molar-refractivity contribution in [3.63, 3.8) is 0 Å². The highest BCUT2D eigenvalue weighted by molar-refractivity contribution is 7.79. The highest BCUT2D eigenvalue weighted by atomic mass is 31.1. The van der Waals surface area contributed by atoms with Crippen LogP contribution in [0.3, 0.4) is 0 Å². The Morgan fingerprint density at radius 1 is 0.525 bits per heavy atom. The molecule has 0 spiro atoms. The minimum absolute atomic E-state index is 0.614. The first-order valence-corrected chi connectivity index (χ1v) is 15.2. The first-order chi connectivity index (χ1) is 19.6. The van der Waals surface area contributed by atoms with E-state index >= 15 is 0 Å². The SMILES string of the molecule is CN(C)CCCOc1ccc2cc(-c3ccc4cc(P(c5ccccc5)c5ccccc5)ccc4c3)ccc2c1. The maximum atomic E-state index is 5.99. The Morgan fingerprint density at radius 3 is 1.65 bits per heavy atom. The standard InChI is InChI=1S/C37H34NOP/c1-38(2)22-9-23-39-34-20-18-30-24-28(14-16-32(30)26-34)29-15-17-33-27-37(21-19-31(33)25-29)40(35-10-5-3-6-11-35)36-12-7-4-8-13-36/h3-8,10-21,24-27H,9,22-23H2,1-2H3. The van der Waals surface area contributed by atoms with Crippen LogP contribution in [0.4, 0.5) is 0 Å². The van der Waals surface area contributed by atoms with Crippen LogP contribution in [0, 0.1) is 0 Å². The van der Waals surface area contributed by atoms with Crippen molar-refractivity contribution >= 4 is 45.4 Å². The molecule has 0 heterocycles. The van der Waals surface area contributed by atoms with E-state index in [2.05, 4.69) is 152 Å². The monoisotopic (exact) mass is 539 g/mol. The molecule has 40 heavy (non-hydrogen) atoms. The van der Waals surface area contributed by atoms with Crippen molar-refractivity contribution in [1.82, 2.24) is 4.90 Å². The Kier molecular flexibility index (Phi) is 7.91. The number of rotatable bonds is 9. The van der Waals surface area contributed by atoms with Gasteiger partial charge in [-0.15, -0.1) is 0 Å². The predicted octanol–water partition coefficient (Wildman–Crippen LogP) is 7.75. The molecular formula is C37H34NOP. The molecule has 3 heteroatoms.